The topological polar surface area (TPSA) is 38.7 Å². The van der Waals surface area contributed by atoms with Gasteiger partial charge in [0, 0.05) is 16.7 Å². The smallest absolute Gasteiger partial charge is 0.164 e. The minimum Gasteiger partial charge on any atom is -0.208 e. The lowest BCUT2D eigenvalue weighted by atomic mass is 9.87. The molecule has 52 heavy (non-hydrogen) atoms. The zero-order valence-electron chi connectivity index (χ0n) is 28.2. The van der Waals surface area contributed by atoms with Gasteiger partial charge in [-0.1, -0.05) is 182 Å². The predicted molar refractivity (Wildman–Crippen MR) is 217 cm³/mol. The molecule has 1 aromatic heterocycles. The lowest BCUT2D eigenvalue weighted by molar-refractivity contribution is 1.07. The van der Waals surface area contributed by atoms with Gasteiger partial charge in [-0.15, -0.1) is 0 Å². The average Bonchev–Trinajstić information content (AvgIpc) is 3.24. The zero-order valence-corrected chi connectivity index (χ0v) is 28.2. The van der Waals surface area contributed by atoms with E-state index in [1.165, 1.54) is 59.8 Å². The number of benzene rings is 9. The second-order valence-electron chi connectivity index (χ2n) is 13.2. The Morgan fingerprint density at radius 3 is 1.21 bits per heavy atom. The summed E-state index contributed by atoms with van der Waals surface area (Å²) in [6, 6.07) is 66.6. The third kappa shape index (κ3) is 5.10. The molecule has 0 spiro atoms. The summed E-state index contributed by atoms with van der Waals surface area (Å²) in [5.74, 6) is 1.95. The van der Waals surface area contributed by atoms with Gasteiger partial charge in [-0.05, 0) is 71.4 Å². The summed E-state index contributed by atoms with van der Waals surface area (Å²) in [6.07, 6.45) is 0. The molecule has 9 aromatic carbocycles. The molecule has 0 N–H and O–H groups in total. The lowest BCUT2D eigenvalue weighted by Gasteiger charge is -2.17. The highest BCUT2D eigenvalue weighted by Crippen LogP contribution is 2.42. The highest BCUT2D eigenvalue weighted by molar-refractivity contribution is 6.26. The van der Waals surface area contributed by atoms with Crippen LogP contribution in [0.4, 0.5) is 0 Å². The molecule has 10 rings (SSSR count). The van der Waals surface area contributed by atoms with Crippen molar-refractivity contribution >= 4 is 43.1 Å². The Labute approximate surface area is 301 Å². The zero-order chi connectivity index (χ0) is 34.4. The van der Waals surface area contributed by atoms with E-state index in [0.717, 1.165) is 22.3 Å². The standard InChI is InChI=1S/C49H31N3/c1-3-14-34(15-4-1)47-50-48(35-16-5-2-6-17-35)52-49(51-47)36-25-23-33(24-26-36)39-29-27-32-13-7-8-18-38(32)46(39)37-28-30-44-42-21-10-9-19-40(42)41-20-11-12-22-43(41)45(44)31-37/h1-31H. The Bertz CT molecular complexity index is 2840. The number of hydrogen-bond donors (Lipinski definition) is 0. The average molecular weight is 662 g/mol. The van der Waals surface area contributed by atoms with E-state index in [1.54, 1.807) is 0 Å². The van der Waals surface area contributed by atoms with Gasteiger partial charge in [-0.25, -0.2) is 15.0 Å². The van der Waals surface area contributed by atoms with Crippen molar-refractivity contribution in [2.75, 3.05) is 0 Å². The third-order valence-corrected chi connectivity index (χ3v) is 10.1. The molecule has 242 valence electrons. The quantitative estimate of drug-likeness (QED) is 0.172. The molecule has 0 aliphatic carbocycles. The van der Waals surface area contributed by atoms with Crippen molar-refractivity contribution in [3.05, 3.63) is 188 Å². The van der Waals surface area contributed by atoms with Gasteiger partial charge >= 0.3 is 0 Å². The summed E-state index contributed by atoms with van der Waals surface area (Å²) in [6.45, 7) is 0. The molecule has 0 fully saturated rings. The molecule has 0 atom stereocenters. The molecule has 3 heteroatoms. The van der Waals surface area contributed by atoms with E-state index in [0.29, 0.717) is 17.5 Å². The summed E-state index contributed by atoms with van der Waals surface area (Å²) in [7, 11) is 0. The molecule has 0 saturated carbocycles. The first-order valence-electron chi connectivity index (χ1n) is 17.6. The first kappa shape index (κ1) is 29.9. The van der Waals surface area contributed by atoms with Crippen molar-refractivity contribution in [1.29, 1.82) is 0 Å². The van der Waals surface area contributed by atoms with Crippen LogP contribution < -0.4 is 0 Å². The van der Waals surface area contributed by atoms with E-state index >= 15 is 0 Å². The van der Waals surface area contributed by atoms with Gasteiger partial charge in [-0.2, -0.15) is 0 Å². The van der Waals surface area contributed by atoms with Crippen LogP contribution in [0.5, 0.6) is 0 Å². The van der Waals surface area contributed by atoms with Gasteiger partial charge in [0.1, 0.15) is 0 Å². The van der Waals surface area contributed by atoms with Gasteiger partial charge < -0.3 is 0 Å². The van der Waals surface area contributed by atoms with Crippen molar-refractivity contribution in [2.45, 2.75) is 0 Å². The van der Waals surface area contributed by atoms with Gasteiger partial charge in [0.2, 0.25) is 0 Å². The highest BCUT2D eigenvalue weighted by atomic mass is 15.0. The predicted octanol–water partition coefficient (Wildman–Crippen LogP) is 12.8. The fourth-order valence-electron chi connectivity index (χ4n) is 7.62. The third-order valence-electron chi connectivity index (χ3n) is 10.1. The van der Waals surface area contributed by atoms with Crippen LogP contribution in [0.2, 0.25) is 0 Å². The number of fused-ring (bicyclic) bond motifs is 7. The normalized spacial score (nSPS) is 11.5. The molecular weight excluding hydrogens is 631 g/mol. The maximum absolute atomic E-state index is 4.96. The Morgan fingerprint density at radius 2 is 0.654 bits per heavy atom. The maximum atomic E-state index is 4.96. The lowest BCUT2D eigenvalue weighted by Crippen LogP contribution is -2.00. The molecule has 10 aromatic rings. The van der Waals surface area contributed by atoms with Gasteiger partial charge in [0.15, 0.2) is 17.5 Å². The van der Waals surface area contributed by atoms with Crippen molar-refractivity contribution in [1.82, 2.24) is 15.0 Å². The highest BCUT2D eigenvalue weighted by Gasteiger charge is 2.17. The van der Waals surface area contributed by atoms with Crippen LogP contribution in [0.15, 0.2) is 188 Å². The van der Waals surface area contributed by atoms with Crippen LogP contribution in [0.25, 0.3) is 99.5 Å². The van der Waals surface area contributed by atoms with E-state index in [2.05, 4.69) is 127 Å². The van der Waals surface area contributed by atoms with E-state index in [4.69, 9.17) is 15.0 Å². The molecule has 0 radical (unpaired) electrons. The summed E-state index contributed by atoms with van der Waals surface area (Å²) in [4.78, 5) is 14.8. The van der Waals surface area contributed by atoms with Crippen LogP contribution in [0.1, 0.15) is 0 Å². The van der Waals surface area contributed by atoms with Gasteiger partial charge in [-0.3, -0.25) is 0 Å². The number of hydrogen-bond acceptors (Lipinski definition) is 3. The van der Waals surface area contributed by atoms with Crippen molar-refractivity contribution in [2.24, 2.45) is 0 Å². The molecule has 0 saturated heterocycles. The SMILES string of the molecule is c1ccc(-c2nc(-c3ccccc3)nc(-c3ccc(-c4ccc5ccccc5c4-c4ccc5c6ccccc6c6ccccc6c5c4)cc3)n2)cc1. The van der Waals surface area contributed by atoms with E-state index in [-0.39, 0.29) is 0 Å². The van der Waals surface area contributed by atoms with E-state index < -0.39 is 0 Å². The van der Waals surface area contributed by atoms with Crippen LogP contribution in [-0.2, 0) is 0 Å². The van der Waals surface area contributed by atoms with Gasteiger partial charge in [0.05, 0.1) is 0 Å². The Balaban J connectivity index is 1.13. The fraction of sp³-hybridized carbons (Fsp3) is 0. The van der Waals surface area contributed by atoms with Crippen LogP contribution >= 0.6 is 0 Å². The molecule has 3 nitrogen and oxygen atoms in total. The number of aromatic nitrogens is 3. The summed E-state index contributed by atoms with van der Waals surface area (Å²) in [5, 5.41) is 10.1. The maximum Gasteiger partial charge on any atom is 0.164 e. The molecule has 0 amide bonds. The second kappa shape index (κ2) is 12.4. The molecule has 1 heterocycles. The number of nitrogens with zero attached hydrogens (tertiary/aromatic N) is 3. The summed E-state index contributed by atoms with van der Waals surface area (Å²) >= 11 is 0. The fourth-order valence-corrected chi connectivity index (χ4v) is 7.62. The van der Waals surface area contributed by atoms with Crippen LogP contribution in [0, 0.1) is 0 Å². The Morgan fingerprint density at radius 1 is 0.250 bits per heavy atom. The first-order valence-corrected chi connectivity index (χ1v) is 17.6. The van der Waals surface area contributed by atoms with E-state index in [9.17, 15) is 0 Å². The van der Waals surface area contributed by atoms with Crippen molar-refractivity contribution in [3.8, 4) is 56.4 Å². The largest absolute Gasteiger partial charge is 0.208 e. The van der Waals surface area contributed by atoms with Crippen LogP contribution in [-0.4, -0.2) is 15.0 Å². The van der Waals surface area contributed by atoms with E-state index in [1.807, 2.05) is 60.7 Å². The molecule has 0 bridgehead atoms. The monoisotopic (exact) mass is 661 g/mol. The van der Waals surface area contributed by atoms with Crippen molar-refractivity contribution < 1.29 is 0 Å². The Kier molecular flexibility index (Phi) is 7.14. The second-order valence-corrected chi connectivity index (χ2v) is 13.2. The van der Waals surface area contributed by atoms with Gasteiger partial charge in [0.25, 0.3) is 0 Å². The van der Waals surface area contributed by atoms with Crippen LogP contribution in [0.3, 0.4) is 0 Å². The summed E-state index contributed by atoms with van der Waals surface area (Å²) < 4.78 is 0. The number of rotatable bonds is 5. The summed E-state index contributed by atoms with van der Waals surface area (Å²) in [5.41, 5.74) is 7.58. The molecule has 0 aliphatic heterocycles. The van der Waals surface area contributed by atoms with Crippen molar-refractivity contribution in [3.63, 3.8) is 0 Å². The first-order chi connectivity index (χ1) is 25.8. The Hall–Kier alpha value is -6.97. The molecule has 0 aliphatic rings. The minimum atomic E-state index is 0.645. The molecule has 0 unspecified atom stereocenters. The molecular formula is C49H31N3. The minimum absolute atomic E-state index is 0.645.